The summed E-state index contributed by atoms with van der Waals surface area (Å²) < 4.78 is 0. The molecule has 0 atom stereocenters. The van der Waals surface area contributed by atoms with Gasteiger partial charge in [0.05, 0.1) is 0 Å². The predicted octanol–water partition coefficient (Wildman–Crippen LogP) is 7.11. The molecule has 0 heterocycles. The summed E-state index contributed by atoms with van der Waals surface area (Å²) in [5, 5.41) is 8.59. The molecule has 0 saturated heterocycles. The van der Waals surface area contributed by atoms with Crippen molar-refractivity contribution in [1.82, 2.24) is 0 Å². The topological polar surface area (TPSA) is 37.3 Å². The van der Waals surface area contributed by atoms with E-state index < -0.39 is 5.97 Å². The molecule has 0 rings (SSSR count). The summed E-state index contributed by atoms with van der Waals surface area (Å²) in [4.78, 5) is 10.4. The van der Waals surface area contributed by atoms with Crippen molar-refractivity contribution in [2.24, 2.45) is 0 Å². The van der Waals surface area contributed by atoms with Gasteiger partial charge in [0.25, 0.3) is 0 Å². The van der Waals surface area contributed by atoms with Crippen molar-refractivity contribution in [3.63, 3.8) is 0 Å². The van der Waals surface area contributed by atoms with E-state index >= 15 is 0 Å². The smallest absolute Gasteiger partial charge is 0.303 e. The van der Waals surface area contributed by atoms with Crippen LogP contribution in [-0.4, -0.2) is 11.1 Å². The summed E-state index contributed by atoms with van der Waals surface area (Å²) in [6.45, 7) is 5.99. The monoisotopic (exact) mass is 354 g/mol. The second kappa shape index (κ2) is 19.0. The first-order valence-electron chi connectivity index (χ1n) is 9.47. The minimum atomic E-state index is -0.780. The van der Waals surface area contributed by atoms with Crippen LogP contribution >= 0.6 is 0 Å². The lowest BCUT2D eigenvalue weighted by Gasteiger charge is -1.95. The van der Waals surface area contributed by atoms with Crippen molar-refractivity contribution in [2.75, 3.05) is 0 Å². The highest BCUT2D eigenvalue weighted by Gasteiger charge is 1.96. The van der Waals surface area contributed by atoms with Crippen LogP contribution in [0.2, 0.25) is 0 Å². The largest absolute Gasteiger partial charge is 0.481 e. The van der Waals surface area contributed by atoms with Gasteiger partial charge in [-0.1, -0.05) is 92.0 Å². The Balaban J connectivity index is 3.63. The molecular weight excluding hydrogens is 320 g/mol. The molecule has 0 radical (unpaired) electrons. The molecule has 2 nitrogen and oxygen atoms in total. The van der Waals surface area contributed by atoms with Crippen LogP contribution in [0.1, 0.15) is 58.3 Å². The normalized spacial score (nSPS) is 12.8. The number of rotatable bonds is 15. The van der Waals surface area contributed by atoms with Crippen molar-refractivity contribution in [1.29, 1.82) is 0 Å². The summed E-state index contributed by atoms with van der Waals surface area (Å²) in [7, 11) is 0. The van der Waals surface area contributed by atoms with Crippen LogP contribution in [0.4, 0.5) is 0 Å². The van der Waals surface area contributed by atoms with E-state index in [0.717, 1.165) is 44.1 Å². The maximum absolute atomic E-state index is 10.4. The van der Waals surface area contributed by atoms with Crippen LogP contribution in [-0.2, 0) is 4.79 Å². The molecule has 1 N–H and O–H groups in total. The summed E-state index contributed by atoms with van der Waals surface area (Å²) in [5.74, 6) is -0.780. The molecule has 0 aliphatic carbocycles. The molecule has 0 aliphatic heterocycles. The molecule has 2 heteroatoms. The third-order valence-corrected chi connectivity index (χ3v) is 3.44. The van der Waals surface area contributed by atoms with Gasteiger partial charge in [-0.25, -0.2) is 0 Å². The summed E-state index contributed by atoms with van der Waals surface area (Å²) in [6.07, 6.45) is 32.2. The molecule has 0 aromatic carbocycles. The van der Waals surface area contributed by atoms with Gasteiger partial charge >= 0.3 is 5.97 Å². The molecular formula is C24H34O2. The second-order valence-corrected chi connectivity index (χ2v) is 5.90. The van der Waals surface area contributed by atoms with Gasteiger partial charge in [-0.15, -0.1) is 0 Å². The Morgan fingerprint density at radius 2 is 1.08 bits per heavy atom. The van der Waals surface area contributed by atoms with Crippen LogP contribution in [0.25, 0.3) is 0 Å². The first-order valence-corrected chi connectivity index (χ1v) is 9.47. The van der Waals surface area contributed by atoms with Crippen LogP contribution in [0.3, 0.4) is 0 Å². The fraction of sp³-hybridized carbons (Fsp3) is 0.375. The zero-order valence-electron chi connectivity index (χ0n) is 16.1. The fourth-order valence-electron chi connectivity index (χ4n) is 2.01. The standard InChI is InChI=1S/C24H34O2/c1-3-4-5-6-7-8-9-10-11-12-13-14-15-16-17-18-19-20-23(2)21-22-24(25)26/h4-5,7-8,10-11,13-14,16-17,19-20H,2-3,6,9,12,15,18,21-22H2,1H3,(H,25,26)/b5-4-,8-7-,11-10-,14-13-,17-16-,20-19-. The van der Waals surface area contributed by atoms with Crippen LogP contribution in [0, 0.1) is 0 Å². The van der Waals surface area contributed by atoms with Crippen LogP contribution in [0.5, 0.6) is 0 Å². The van der Waals surface area contributed by atoms with Gasteiger partial charge in [0.2, 0.25) is 0 Å². The number of hydrogen-bond donors (Lipinski definition) is 1. The second-order valence-electron chi connectivity index (χ2n) is 5.90. The fourth-order valence-corrected chi connectivity index (χ4v) is 2.01. The summed E-state index contributed by atoms with van der Waals surface area (Å²) in [6, 6.07) is 0. The van der Waals surface area contributed by atoms with Gasteiger partial charge < -0.3 is 5.11 Å². The van der Waals surface area contributed by atoms with E-state index in [1.54, 1.807) is 0 Å². The molecule has 0 aromatic heterocycles. The van der Waals surface area contributed by atoms with Crippen molar-refractivity contribution in [3.05, 3.63) is 85.1 Å². The van der Waals surface area contributed by atoms with Gasteiger partial charge in [-0.05, 0) is 44.9 Å². The molecule has 0 bridgehead atoms. The Morgan fingerprint density at radius 1 is 0.692 bits per heavy atom. The third-order valence-electron chi connectivity index (χ3n) is 3.44. The number of carboxylic acids is 1. The van der Waals surface area contributed by atoms with Gasteiger partial charge in [0.1, 0.15) is 0 Å². The van der Waals surface area contributed by atoms with Crippen molar-refractivity contribution < 1.29 is 9.90 Å². The van der Waals surface area contributed by atoms with Crippen LogP contribution in [0.15, 0.2) is 85.1 Å². The van der Waals surface area contributed by atoms with E-state index in [9.17, 15) is 4.79 Å². The van der Waals surface area contributed by atoms with Crippen molar-refractivity contribution in [3.8, 4) is 0 Å². The number of carboxylic acid groups (broad SMARTS) is 1. The molecule has 26 heavy (non-hydrogen) atoms. The number of carbonyl (C=O) groups is 1. The maximum atomic E-state index is 10.4. The van der Waals surface area contributed by atoms with Gasteiger partial charge in [0, 0.05) is 6.42 Å². The quantitative estimate of drug-likeness (QED) is 0.251. The van der Waals surface area contributed by atoms with E-state index in [1.807, 2.05) is 12.2 Å². The van der Waals surface area contributed by atoms with E-state index in [4.69, 9.17) is 5.11 Å². The van der Waals surface area contributed by atoms with E-state index in [1.165, 1.54) is 0 Å². The maximum Gasteiger partial charge on any atom is 0.303 e. The molecule has 0 saturated carbocycles. The van der Waals surface area contributed by atoms with Crippen molar-refractivity contribution >= 4 is 5.97 Å². The van der Waals surface area contributed by atoms with E-state index in [2.05, 4.69) is 74.3 Å². The first kappa shape index (κ1) is 23.6. The lowest BCUT2D eigenvalue weighted by Crippen LogP contribution is -1.93. The zero-order chi connectivity index (χ0) is 19.3. The highest BCUT2D eigenvalue weighted by Crippen LogP contribution is 2.04. The molecule has 0 amide bonds. The summed E-state index contributed by atoms with van der Waals surface area (Å²) >= 11 is 0. The van der Waals surface area contributed by atoms with Gasteiger partial charge in [-0.2, -0.15) is 0 Å². The van der Waals surface area contributed by atoms with E-state index in [0.29, 0.717) is 6.42 Å². The Labute approximate surface area is 159 Å². The highest BCUT2D eigenvalue weighted by atomic mass is 16.4. The third kappa shape index (κ3) is 19.7. The molecule has 0 spiro atoms. The number of hydrogen-bond acceptors (Lipinski definition) is 1. The van der Waals surface area contributed by atoms with Gasteiger partial charge in [-0.3, -0.25) is 4.79 Å². The Kier molecular flexibility index (Phi) is 17.3. The average molecular weight is 355 g/mol. The lowest BCUT2D eigenvalue weighted by molar-refractivity contribution is -0.136. The minimum absolute atomic E-state index is 0.144. The molecule has 0 unspecified atom stereocenters. The van der Waals surface area contributed by atoms with Crippen molar-refractivity contribution in [2.45, 2.75) is 58.3 Å². The Hall–Kier alpha value is -2.35. The SMILES string of the molecule is C=C(/C=C\C/C=C\C/C=C\C/C=C\C/C=C\C/C=C\CC)CCC(=O)O. The van der Waals surface area contributed by atoms with Crippen LogP contribution < -0.4 is 0 Å². The molecule has 0 aromatic rings. The lowest BCUT2D eigenvalue weighted by atomic mass is 10.1. The molecule has 0 fully saturated rings. The Morgan fingerprint density at radius 3 is 1.46 bits per heavy atom. The van der Waals surface area contributed by atoms with Gasteiger partial charge in [0.15, 0.2) is 0 Å². The minimum Gasteiger partial charge on any atom is -0.481 e. The molecule has 0 aliphatic rings. The number of allylic oxidation sites excluding steroid dienone is 13. The molecule has 142 valence electrons. The Bertz CT molecular complexity index is 543. The first-order chi connectivity index (χ1) is 12.7. The average Bonchev–Trinajstić information content (AvgIpc) is 2.62. The summed E-state index contributed by atoms with van der Waals surface area (Å²) in [5.41, 5.74) is 0.861. The van der Waals surface area contributed by atoms with E-state index in [-0.39, 0.29) is 6.42 Å². The zero-order valence-corrected chi connectivity index (χ0v) is 16.1. The predicted molar refractivity (Wildman–Crippen MR) is 114 cm³/mol. The highest BCUT2D eigenvalue weighted by molar-refractivity contribution is 5.67. The number of aliphatic carboxylic acids is 1.